The Balaban J connectivity index is 1.37. The predicted octanol–water partition coefficient (Wildman–Crippen LogP) is 5.48. The second-order valence-electron chi connectivity index (χ2n) is 11.7. The minimum absolute atomic E-state index is 0.0165. The molecule has 0 bridgehead atoms. The number of ether oxygens (including phenoxy) is 1. The normalized spacial score (nSPS) is 20.5. The number of amides is 1. The fraction of sp³-hybridized carbons (Fsp3) is 0.424. The topological polar surface area (TPSA) is 75.9 Å². The van der Waals surface area contributed by atoms with Gasteiger partial charge in [0.25, 0.3) is 11.8 Å². The lowest BCUT2D eigenvalue weighted by atomic mass is 9.98. The molecule has 4 heterocycles. The van der Waals surface area contributed by atoms with Gasteiger partial charge in [0.1, 0.15) is 6.61 Å². The van der Waals surface area contributed by atoms with Crippen LogP contribution in [-0.2, 0) is 17.8 Å². The molecule has 3 aromatic rings. The van der Waals surface area contributed by atoms with Gasteiger partial charge >= 0.3 is 0 Å². The predicted molar refractivity (Wildman–Crippen MR) is 167 cm³/mol. The molecule has 2 aromatic carbocycles. The summed E-state index contributed by atoms with van der Waals surface area (Å²) in [6.45, 7) is 6.04. The number of halogens is 3. The van der Waals surface area contributed by atoms with Crippen molar-refractivity contribution in [2.75, 3.05) is 56.2 Å². The van der Waals surface area contributed by atoms with Gasteiger partial charge in [-0.15, -0.1) is 0 Å². The second kappa shape index (κ2) is 12.6. The van der Waals surface area contributed by atoms with E-state index in [2.05, 4.69) is 22.4 Å². The van der Waals surface area contributed by atoms with E-state index in [1.54, 1.807) is 0 Å². The molecular weight excluding hydrogens is 586 g/mol. The van der Waals surface area contributed by atoms with Crippen molar-refractivity contribution in [3.05, 3.63) is 70.9 Å². The van der Waals surface area contributed by atoms with E-state index in [0.717, 1.165) is 41.4 Å². The third-order valence-electron chi connectivity index (χ3n) is 9.11. The molecule has 6 rings (SSSR count). The summed E-state index contributed by atoms with van der Waals surface area (Å²) in [5.41, 5.74) is 2.85. The molecule has 3 aliphatic heterocycles. The monoisotopic (exact) mass is 620 g/mol. The zero-order valence-electron chi connectivity index (χ0n) is 24.7. The quantitative estimate of drug-likeness (QED) is 0.324. The van der Waals surface area contributed by atoms with Gasteiger partial charge in [0, 0.05) is 48.9 Å². The van der Waals surface area contributed by atoms with Crippen molar-refractivity contribution in [2.45, 2.75) is 44.3 Å². The van der Waals surface area contributed by atoms with Crippen LogP contribution in [0.2, 0.25) is 5.02 Å². The molecule has 0 N–H and O–H groups in total. The molecule has 0 unspecified atom stereocenters. The van der Waals surface area contributed by atoms with E-state index in [1.165, 1.54) is 4.90 Å². The Bertz CT molecular complexity index is 1640. The number of likely N-dealkylation sites (N-methyl/N-ethyl adjacent to an activating group) is 1. The van der Waals surface area contributed by atoms with Crippen LogP contribution in [0.5, 0.6) is 5.88 Å². The van der Waals surface area contributed by atoms with Crippen LogP contribution in [0.3, 0.4) is 0 Å². The van der Waals surface area contributed by atoms with Crippen molar-refractivity contribution in [2.24, 2.45) is 0 Å². The number of carbonyl (C=O) groups excluding carboxylic acids is 1. The van der Waals surface area contributed by atoms with Crippen molar-refractivity contribution in [3.8, 4) is 11.9 Å². The molecule has 0 aliphatic carbocycles. The number of hydrogen-bond acceptors (Lipinski definition) is 7. The molecule has 44 heavy (non-hydrogen) atoms. The van der Waals surface area contributed by atoms with Gasteiger partial charge in [0.05, 0.1) is 41.5 Å². The smallest absolute Gasteiger partial charge is 0.282 e. The number of fused-ring (bicyclic) bond motifs is 2. The number of likely N-dealkylation sites (tertiary alicyclic amines) is 1. The van der Waals surface area contributed by atoms with Gasteiger partial charge in [-0.05, 0) is 50.4 Å². The van der Waals surface area contributed by atoms with Crippen LogP contribution < -0.4 is 14.5 Å². The molecule has 0 radical (unpaired) electrons. The van der Waals surface area contributed by atoms with Crippen LogP contribution in [0.1, 0.15) is 30.5 Å². The Labute approximate surface area is 261 Å². The fourth-order valence-electron chi connectivity index (χ4n) is 6.81. The highest BCUT2D eigenvalue weighted by molar-refractivity contribution is 6.36. The Morgan fingerprint density at radius 1 is 1.16 bits per heavy atom. The summed E-state index contributed by atoms with van der Waals surface area (Å²) >= 11 is 6.66. The highest BCUT2D eigenvalue weighted by Gasteiger charge is 2.36. The van der Waals surface area contributed by atoms with Crippen molar-refractivity contribution in [1.29, 1.82) is 5.26 Å². The maximum Gasteiger partial charge on any atom is 0.282 e. The zero-order valence-corrected chi connectivity index (χ0v) is 25.5. The molecule has 11 heteroatoms. The molecular formula is C33H35ClF2N6O2. The molecule has 230 valence electrons. The summed E-state index contributed by atoms with van der Waals surface area (Å²) < 4.78 is 36.4. The fourth-order valence-corrected chi connectivity index (χ4v) is 7.09. The number of rotatable bonds is 7. The average molecular weight is 621 g/mol. The molecule has 8 nitrogen and oxygen atoms in total. The maximum atomic E-state index is 16.5. The largest absolute Gasteiger partial charge is 0.474 e. The lowest BCUT2D eigenvalue weighted by Crippen LogP contribution is -2.55. The molecule has 0 spiro atoms. The molecule has 2 fully saturated rings. The summed E-state index contributed by atoms with van der Waals surface area (Å²) in [5.74, 6) is -2.51. The van der Waals surface area contributed by atoms with E-state index in [9.17, 15) is 14.4 Å². The number of piperazine rings is 1. The minimum Gasteiger partial charge on any atom is -0.474 e. The van der Waals surface area contributed by atoms with Gasteiger partial charge in [-0.3, -0.25) is 4.79 Å². The van der Waals surface area contributed by atoms with Crippen molar-refractivity contribution < 1.29 is 18.3 Å². The summed E-state index contributed by atoms with van der Waals surface area (Å²) in [4.78, 5) is 24.9. The summed E-state index contributed by atoms with van der Waals surface area (Å²) in [6.07, 6.45) is 2.53. The number of pyridine rings is 1. The first-order valence-corrected chi connectivity index (χ1v) is 15.4. The van der Waals surface area contributed by atoms with Crippen molar-refractivity contribution >= 4 is 39.7 Å². The van der Waals surface area contributed by atoms with E-state index in [0.29, 0.717) is 42.5 Å². The maximum absolute atomic E-state index is 16.5. The standard InChI is InChI=1S/C33H35ClF2N6O2/c1-21(35)33(43)42-17-16-41(18-23(42)11-13-37)31-25-12-15-40(28-10-4-7-22-6-3-9-26(34)29(22)28)19-27(25)38-32(30(31)36)44-20-24-8-5-14-39(24)2/h3-4,6-7,9-10,23-24H,1,5,8,11-12,14-20H2,2H3/t23-,24-/m0/s1. The number of anilines is 2. The van der Waals surface area contributed by atoms with Crippen LogP contribution in [0, 0.1) is 17.1 Å². The van der Waals surface area contributed by atoms with Crippen molar-refractivity contribution in [1.82, 2.24) is 14.8 Å². The number of nitrogens with zero attached hydrogens (tertiary/aromatic N) is 6. The molecule has 3 aliphatic rings. The average Bonchev–Trinajstić information content (AvgIpc) is 3.43. The van der Waals surface area contributed by atoms with E-state index in [-0.39, 0.29) is 38.0 Å². The Morgan fingerprint density at radius 2 is 1.95 bits per heavy atom. The van der Waals surface area contributed by atoms with Crippen LogP contribution in [0.25, 0.3) is 10.8 Å². The van der Waals surface area contributed by atoms with Gasteiger partial charge < -0.3 is 24.3 Å². The van der Waals surface area contributed by atoms with Gasteiger partial charge in [-0.1, -0.05) is 42.4 Å². The Kier molecular flexibility index (Phi) is 8.61. The van der Waals surface area contributed by atoms with Crippen LogP contribution in [-0.4, -0.2) is 79.2 Å². The van der Waals surface area contributed by atoms with Crippen LogP contribution in [0.15, 0.2) is 48.8 Å². The van der Waals surface area contributed by atoms with Gasteiger partial charge in [0.15, 0.2) is 5.83 Å². The first kappa shape index (κ1) is 30.1. The number of aromatic nitrogens is 1. The summed E-state index contributed by atoms with van der Waals surface area (Å²) in [5, 5.41) is 12.1. The first-order valence-electron chi connectivity index (χ1n) is 15.0. The molecule has 1 aromatic heterocycles. The van der Waals surface area contributed by atoms with Crippen LogP contribution >= 0.6 is 11.6 Å². The van der Waals surface area contributed by atoms with Crippen LogP contribution in [0.4, 0.5) is 20.2 Å². The molecule has 2 saturated heterocycles. The lowest BCUT2D eigenvalue weighted by molar-refractivity contribution is -0.131. The van der Waals surface area contributed by atoms with E-state index in [4.69, 9.17) is 21.3 Å². The first-order chi connectivity index (χ1) is 21.3. The van der Waals surface area contributed by atoms with E-state index in [1.807, 2.05) is 48.3 Å². The number of benzene rings is 2. The number of nitriles is 1. The zero-order chi connectivity index (χ0) is 31.0. The van der Waals surface area contributed by atoms with Crippen molar-refractivity contribution in [3.63, 3.8) is 0 Å². The minimum atomic E-state index is -1.07. The highest BCUT2D eigenvalue weighted by atomic mass is 35.5. The Hall–Kier alpha value is -3.94. The summed E-state index contributed by atoms with van der Waals surface area (Å²) in [6, 6.07) is 13.6. The third-order valence-corrected chi connectivity index (χ3v) is 9.43. The molecule has 2 atom stereocenters. The Morgan fingerprint density at radius 3 is 2.68 bits per heavy atom. The highest BCUT2D eigenvalue weighted by Crippen LogP contribution is 2.40. The summed E-state index contributed by atoms with van der Waals surface area (Å²) in [7, 11) is 2.04. The molecule has 0 saturated carbocycles. The third kappa shape index (κ3) is 5.66. The van der Waals surface area contributed by atoms with Gasteiger partial charge in [-0.2, -0.15) is 9.65 Å². The second-order valence-corrected chi connectivity index (χ2v) is 12.2. The lowest BCUT2D eigenvalue weighted by Gasteiger charge is -2.43. The van der Waals surface area contributed by atoms with E-state index >= 15 is 4.39 Å². The van der Waals surface area contributed by atoms with Gasteiger partial charge in [-0.25, -0.2) is 9.37 Å². The number of hydrogen-bond donors (Lipinski definition) is 0. The molecule has 1 amide bonds. The van der Waals surface area contributed by atoms with Gasteiger partial charge in [0.2, 0.25) is 5.82 Å². The SMILES string of the molecule is C=C(F)C(=O)N1CCN(c2c(F)c(OC[C@@H]3CCCN3C)nc3c2CCN(c2cccc4cccc(Cl)c24)C3)C[C@@H]1CC#N. The van der Waals surface area contributed by atoms with E-state index < -0.39 is 23.6 Å². The number of carbonyl (C=O) groups is 1.